The zero-order valence-corrected chi connectivity index (χ0v) is 15.7. The number of nitrogens with one attached hydrogen (secondary N) is 1. The average molecular weight is 358 g/mol. The standard InChI is InChI=1S/C23H22N2O2/c1-23(15-24,22(26)25-2)21(19-12-6-7-14-20(19)27-3)18-13-8-10-16-9-4-5-11-17(16)18/h4-14,21H,1-3H3,(H,25,26). The van der Waals surface area contributed by atoms with E-state index in [1.165, 1.54) is 0 Å². The zero-order chi connectivity index (χ0) is 19.4. The normalized spacial score (nSPS) is 14.0. The summed E-state index contributed by atoms with van der Waals surface area (Å²) in [5.41, 5.74) is 0.419. The number of ether oxygens (including phenoxy) is 1. The molecule has 27 heavy (non-hydrogen) atoms. The topological polar surface area (TPSA) is 62.1 Å². The van der Waals surface area contributed by atoms with Crippen LogP contribution in [0.4, 0.5) is 0 Å². The van der Waals surface area contributed by atoms with Crippen molar-refractivity contribution >= 4 is 16.7 Å². The maximum absolute atomic E-state index is 12.8. The maximum atomic E-state index is 12.8. The van der Waals surface area contributed by atoms with Gasteiger partial charge in [-0.25, -0.2) is 0 Å². The second-order valence-electron chi connectivity index (χ2n) is 6.64. The Morgan fingerprint density at radius 3 is 2.37 bits per heavy atom. The molecule has 1 amide bonds. The number of rotatable bonds is 5. The average Bonchev–Trinajstić information content (AvgIpc) is 2.73. The third-order valence-electron chi connectivity index (χ3n) is 5.09. The first-order chi connectivity index (χ1) is 13.1. The molecule has 2 unspecified atom stereocenters. The molecule has 0 spiro atoms. The predicted octanol–water partition coefficient (Wildman–Crippen LogP) is 4.26. The fraction of sp³-hybridized carbons (Fsp3) is 0.217. The molecule has 1 N–H and O–H groups in total. The summed E-state index contributed by atoms with van der Waals surface area (Å²) in [6, 6.07) is 23.8. The Kier molecular flexibility index (Phi) is 5.14. The molecule has 3 rings (SSSR count). The molecule has 0 fully saturated rings. The van der Waals surface area contributed by atoms with Gasteiger partial charge in [0.05, 0.1) is 13.2 Å². The second kappa shape index (κ2) is 7.51. The number of carbonyl (C=O) groups is 1. The fourth-order valence-corrected chi connectivity index (χ4v) is 3.70. The third kappa shape index (κ3) is 3.13. The molecule has 2 atom stereocenters. The van der Waals surface area contributed by atoms with Crippen LogP contribution in [0, 0.1) is 16.7 Å². The van der Waals surface area contributed by atoms with E-state index < -0.39 is 11.3 Å². The van der Waals surface area contributed by atoms with Crippen LogP contribution in [0.3, 0.4) is 0 Å². The molecule has 0 aliphatic rings. The lowest BCUT2D eigenvalue weighted by atomic mass is 9.69. The minimum Gasteiger partial charge on any atom is -0.496 e. The smallest absolute Gasteiger partial charge is 0.240 e. The summed E-state index contributed by atoms with van der Waals surface area (Å²) in [5, 5.41) is 14.8. The second-order valence-corrected chi connectivity index (χ2v) is 6.64. The molecule has 4 heteroatoms. The Labute approximate surface area is 159 Å². The van der Waals surface area contributed by atoms with Crippen molar-refractivity contribution in [2.75, 3.05) is 14.2 Å². The highest BCUT2D eigenvalue weighted by Crippen LogP contribution is 2.46. The Balaban J connectivity index is 2.38. The van der Waals surface area contributed by atoms with Gasteiger partial charge in [-0.15, -0.1) is 0 Å². The van der Waals surface area contributed by atoms with E-state index >= 15 is 0 Å². The number of para-hydroxylation sites is 1. The van der Waals surface area contributed by atoms with Crippen LogP contribution in [-0.4, -0.2) is 20.1 Å². The monoisotopic (exact) mass is 358 g/mol. The molecule has 0 aliphatic heterocycles. The van der Waals surface area contributed by atoms with Gasteiger partial charge in [-0.05, 0) is 29.3 Å². The summed E-state index contributed by atoms with van der Waals surface area (Å²) in [5.74, 6) is -0.167. The van der Waals surface area contributed by atoms with Gasteiger partial charge < -0.3 is 10.1 Å². The number of carbonyl (C=O) groups excluding carboxylic acids is 1. The first kappa shape index (κ1) is 18.5. The number of amides is 1. The molecule has 0 saturated carbocycles. The van der Waals surface area contributed by atoms with Crippen LogP contribution in [-0.2, 0) is 4.79 Å². The predicted molar refractivity (Wildman–Crippen MR) is 107 cm³/mol. The Bertz CT molecular complexity index is 1020. The van der Waals surface area contributed by atoms with E-state index in [2.05, 4.69) is 11.4 Å². The van der Waals surface area contributed by atoms with Gasteiger partial charge in [-0.3, -0.25) is 4.79 Å². The number of benzene rings is 3. The lowest BCUT2D eigenvalue weighted by Gasteiger charge is -2.32. The van der Waals surface area contributed by atoms with Crippen molar-refractivity contribution in [1.82, 2.24) is 5.32 Å². The van der Waals surface area contributed by atoms with E-state index in [4.69, 9.17) is 4.74 Å². The van der Waals surface area contributed by atoms with Crippen LogP contribution in [0.25, 0.3) is 10.8 Å². The van der Waals surface area contributed by atoms with Crippen LogP contribution in [0.15, 0.2) is 66.7 Å². The zero-order valence-electron chi connectivity index (χ0n) is 15.7. The quantitative estimate of drug-likeness (QED) is 0.741. The van der Waals surface area contributed by atoms with Gasteiger partial charge in [0.15, 0.2) is 0 Å². The lowest BCUT2D eigenvalue weighted by Crippen LogP contribution is -2.41. The summed E-state index contributed by atoms with van der Waals surface area (Å²) in [6.45, 7) is 1.69. The molecule has 4 nitrogen and oxygen atoms in total. The molecule has 3 aromatic rings. The first-order valence-corrected chi connectivity index (χ1v) is 8.80. The van der Waals surface area contributed by atoms with E-state index in [1.807, 2.05) is 66.7 Å². The van der Waals surface area contributed by atoms with Gasteiger partial charge in [-0.1, -0.05) is 60.7 Å². The molecule has 0 aliphatic carbocycles. The number of methoxy groups -OCH3 is 1. The van der Waals surface area contributed by atoms with Crippen LogP contribution in [0.2, 0.25) is 0 Å². The van der Waals surface area contributed by atoms with Crippen molar-refractivity contribution in [3.8, 4) is 11.8 Å². The van der Waals surface area contributed by atoms with Gasteiger partial charge in [0, 0.05) is 18.5 Å². The van der Waals surface area contributed by atoms with Gasteiger partial charge in [-0.2, -0.15) is 5.26 Å². The van der Waals surface area contributed by atoms with Crippen molar-refractivity contribution < 1.29 is 9.53 Å². The highest BCUT2D eigenvalue weighted by Gasteiger charge is 2.44. The number of hydrogen-bond acceptors (Lipinski definition) is 3. The van der Waals surface area contributed by atoms with Crippen LogP contribution < -0.4 is 10.1 Å². The first-order valence-electron chi connectivity index (χ1n) is 8.80. The van der Waals surface area contributed by atoms with Crippen molar-refractivity contribution in [1.29, 1.82) is 5.26 Å². The Hall–Kier alpha value is -3.32. The summed E-state index contributed by atoms with van der Waals surface area (Å²) >= 11 is 0. The van der Waals surface area contributed by atoms with Crippen LogP contribution >= 0.6 is 0 Å². The third-order valence-corrected chi connectivity index (χ3v) is 5.09. The van der Waals surface area contributed by atoms with Crippen molar-refractivity contribution in [3.63, 3.8) is 0 Å². The summed E-state index contributed by atoms with van der Waals surface area (Å²) < 4.78 is 5.57. The number of nitriles is 1. The number of nitrogens with zero attached hydrogens (tertiary/aromatic N) is 1. The SMILES string of the molecule is CNC(=O)C(C)(C#N)C(c1ccccc1OC)c1cccc2ccccc12. The van der Waals surface area contributed by atoms with Gasteiger partial charge >= 0.3 is 0 Å². The molecular weight excluding hydrogens is 336 g/mol. The van der Waals surface area contributed by atoms with Gasteiger partial charge in [0.2, 0.25) is 5.91 Å². The summed E-state index contributed by atoms with van der Waals surface area (Å²) in [4.78, 5) is 12.8. The van der Waals surface area contributed by atoms with E-state index in [-0.39, 0.29) is 5.91 Å². The minimum atomic E-state index is -1.31. The lowest BCUT2D eigenvalue weighted by molar-refractivity contribution is -0.127. The maximum Gasteiger partial charge on any atom is 0.240 e. The van der Waals surface area contributed by atoms with Crippen molar-refractivity contribution in [2.45, 2.75) is 12.8 Å². The molecule has 136 valence electrons. The van der Waals surface area contributed by atoms with Crippen LogP contribution in [0.1, 0.15) is 24.0 Å². The van der Waals surface area contributed by atoms with E-state index in [0.717, 1.165) is 21.9 Å². The Morgan fingerprint density at radius 2 is 1.67 bits per heavy atom. The van der Waals surface area contributed by atoms with Crippen molar-refractivity contribution in [2.24, 2.45) is 5.41 Å². The summed E-state index contributed by atoms with van der Waals surface area (Å²) in [6.07, 6.45) is 0. The minimum absolute atomic E-state index is 0.325. The van der Waals surface area contributed by atoms with Gasteiger partial charge in [0.25, 0.3) is 0 Å². The van der Waals surface area contributed by atoms with Crippen LogP contribution in [0.5, 0.6) is 5.75 Å². The molecule has 0 aromatic heterocycles. The highest BCUT2D eigenvalue weighted by atomic mass is 16.5. The van der Waals surface area contributed by atoms with Crippen molar-refractivity contribution in [3.05, 3.63) is 77.9 Å². The Morgan fingerprint density at radius 1 is 1.04 bits per heavy atom. The summed E-state index contributed by atoms with van der Waals surface area (Å²) in [7, 11) is 3.16. The molecular formula is C23H22N2O2. The van der Waals surface area contributed by atoms with E-state index in [1.54, 1.807) is 21.1 Å². The number of fused-ring (bicyclic) bond motifs is 1. The highest BCUT2D eigenvalue weighted by molar-refractivity contribution is 5.91. The molecule has 0 heterocycles. The van der Waals surface area contributed by atoms with Gasteiger partial charge in [0.1, 0.15) is 11.2 Å². The number of hydrogen-bond donors (Lipinski definition) is 1. The molecule has 0 saturated heterocycles. The fourth-order valence-electron chi connectivity index (χ4n) is 3.70. The van der Waals surface area contributed by atoms with E-state index in [0.29, 0.717) is 5.75 Å². The molecule has 0 bridgehead atoms. The van der Waals surface area contributed by atoms with E-state index in [9.17, 15) is 10.1 Å². The largest absolute Gasteiger partial charge is 0.496 e. The molecule has 0 radical (unpaired) electrons. The molecule has 3 aromatic carbocycles.